The molecule has 0 aliphatic carbocycles. The van der Waals surface area contributed by atoms with E-state index >= 15 is 0 Å². The zero-order valence-electron chi connectivity index (χ0n) is 9.66. The van der Waals surface area contributed by atoms with Crippen LogP contribution in [0.25, 0.3) is 10.8 Å². The fourth-order valence-electron chi connectivity index (χ4n) is 1.86. The molecule has 98 valence electrons. The van der Waals surface area contributed by atoms with Crippen molar-refractivity contribution in [2.45, 2.75) is 0 Å². The van der Waals surface area contributed by atoms with Gasteiger partial charge < -0.3 is 15.9 Å². The normalized spacial score (nSPS) is 10.6. The number of aromatic hydroxyl groups is 1. The van der Waals surface area contributed by atoms with Gasteiger partial charge in [0.15, 0.2) is 11.4 Å². The second-order valence-electron chi connectivity index (χ2n) is 3.79. The van der Waals surface area contributed by atoms with E-state index in [2.05, 4.69) is 0 Å². The van der Waals surface area contributed by atoms with Crippen molar-refractivity contribution in [2.24, 2.45) is 5.73 Å². The monoisotopic (exact) mass is 262 g/mol. The molecule has 19 heavy (non-hydrogen) atoms. The molecule has 0 spiro atoms. The van der Waals surface area contributed by atoms with Gasteiger partial charge in [-0.2, -0.15) is 0 Å². The Labute approximate surface area is 106 Å². The lowest BCUT2D eigenvalue weighted by molar-refractivity contribution is 0.0668. The van der Waals surface area contributed by atoms with E-state index in [1.807, 2.05) is 0 Å². The minimum absolute atomic E-state index is 0.0480. The third-order valence-corrected chi connectivity index (χ3v) is 2.69. The van der Waals surface area contributed by atoms with Gasteiger partial charge in [0.2, 0.25) is 5.91 Å². The summed E-state index contributed by atoms with van der Waals surface area (Å²) >= 11 is 0. The molecule has 1 heterocycles. The van der Waals surface area contributed by atoms with Crippen molar-refractivity contribution in [3.8, 4) is 5.75 Å². The van der Waals surface area contributed by atoms with Crippen molar-refractivity contribution in [1.82, 2.24) is 4.57 Å². The number of nitrogens with zero attached hydrogens (tertiary/aromatic N) is 1. The maximum absolute atomic E-state index is 12.1. The predicted octanol–water partition coefficient (Wildman–Crippen LogP) is 0.00420. The smallest absolute Gasteiger partial charge is 0.356 e. The molecule has 7 nitrogen and oxygen atoms in total. The number of carbonyl (C=O) groups is 2. The quantitative estimate of drug-likeness (QED) is 0.700. The first kappa shape index (κ1) is 12.8. The summed E-state index contributed by atoms with van der Waals surface area (Å²) in [4.78, 5) is 34.9. The largest absolute Gasteiger partial charge is 0.505 e. The summed E-state index contributed by atoms with van der Waals surface area (Å²) in [6.07, 6.45) is 0. The maximum atomic E-state index is 12.1. The molecule has 1 aromatic heterocycles. The number of aromatic nitrogens is 1. The Morgan fingerprint density at radius 2 is 1.79 bits per heavy atom. The molecule has 0 saturated heterocycles. The number of aromatic carboxylic acids is 1. The fraction of sp³-hybridized carbons (Fsp3) is 0.0833. The Balaban J connectivity index is 3.05. The van der Waals surface area contributed by atoms with E-state index in [1.54, 1.807) is 12.1 Å². The lowest BCUT2D eigenvalue weighted by Gasteiger charge is -2.11. The van der Waals surface area contributed by atoms with E-state index in [1.165, 1.54) is 12.1 Å². The summed E-state index contributed by atoms with van der Waals surface area (Å²) < 4.78 is 0.389. The van der Waals surface area contributed by atoms with Crippen LogP contribution in [-0.4, -0.2) is 33.2 Å². The van der Waals surface area contributed by atoms with Gasteiger partial charge in [-0.15, -0.1) is 0 Å². The second kappa shape index (κ2) is 4.54. The zero-order valence-corrected chi connectivity index (χ0v) is 9.66. The number of carbonyl (C=O) groups excluding carboxylic acids is 1. The van der Waals surface area contributed by atoms with Gasteiger partial charge in [0.25, 0.3) is 5.56 Å². The van der Waals surface area contributed by atoms with Crippen molar-refractivity contribution in [1.29, 1.82) is 0 Å². The molecule has 0 bridgehead atoms. The van der Waals surface area contributed by atoms with Crippen LogP contribution >= 0.6 is 0 Å². The Morgan fingerprint density at radius 1 is 1.21 bits per heavy atom. The number of benzene rings is 1. The number of fused-ring (bicyclic) bond motifs is 1. The van der Waals surface area contributed by atoms with Gasteiger partial charge in [-0.1, -0.05) is 18.2 Å². The first-order valence-electron chi connectivity index (χ1n) is 5.32. The average Bonchev–Trinajstić information content (AvgIpc) is 2.41. The number of pyridine rings is 1. The Kier molecular flexibility index (Phi) is 3.05. The molecule has 0 fully saturated rings. The highest BCUT2D eigenvalue weighted by Crippen LogP contribution is 2.26. The van der Waals surface area contributed by atoms with Crippen molar-refractivity contribution >= 4 is 22.6 Å². The SMILES string of the molecule is NCC(=O)n1c(C(=O)O)c(O)c2ccccc2c1=O. The molecule has 0 radical (unpaired) electrons. The van der Waals surface area contributed by atoms with E-state index < -0.39 is 35.4 Å². The van der Waals surface area contributed by atoms with Crippen LogP contribution in [0.5, 0.6) is 5.75 Å². The second-order valence-corrected chi connectivity index (χ2v) is 3.79. The summed E-state index contributed by atoms with van der Waals surface area (Å²) in [6, 6.07) is 5.88. The van der Waals surface area contributed by atoms with Gasteiger partial charge in [0.1, 0.15) is 0 Å². The zero-order chi connectivity index (χ0) is 14.2. The molecule has 0 aliphatic rings. The highest BCUT2D eigenvalue weighted by molar-refractivity contribution is 6.02. The third kappa shape index (κ3) is 1.85. The highest BCUT2D eigenvalue weighted by atomic mass is 16.4. The molecule has 2 rings (SSSR count). The molecule has 7 heteroatoms. The van der Waals surface area contributed by atoms with E-state index in [9.17, 15) is 19.5 Å². The Morgan fingerprint density at radius 3 is 2.32 bits per heavy atom. The molecule has 2 aromatic rings. The fourth-order valence-corrected chi connectivity index (χ4v) is 1.86. The Hall–Kier alpha value is -2.67. The van der Waals surface area contributed by atoms with Crippen LogP contribution in [0.4, 0.5) is 0 Å². The van der Waals surface area contributed by atoms with Crippen molar-refractivity contribution in [3.63, 3.8) is 0 Å². The number of hydrogen-bond acceptors (Lipinski definition) is 5. The van der Waals surface area contributed by atoms with E-state index in [-0.39, 0.29) is 10.8 Å². The molecule has 0 amide bonds. The maximum Gasteiger partial charge on any atom is 0.356 e. The summed E-state index contributed by atoms with van der Waals surface area (Å²) in [5.41, 5.74) is 3.56. The summed E-state index contributed by atoms with van der Waals surface area (Å²) in [5, 5.41) is 19.1. The van der Waals surface area contributed by atoms with Crippen LogP contribution in [0.2, 0.25) is 0 Å². The number of carboxylic acids is 1. The predicted molar refractivity (Wildman–Crippen MR) is 66.5 cm³/mol. The van der Waals surface area contributed by atoms with Gasteiger partial charge >= 0.3 is 5.97 Å². The molecule has 0 unspecified atom stereocenters. The molecule has 0 aliphatic heterocycles. The summed E-state index contributed by atoms with van der Waals surface area (Å²) in [5.74, 6) is -3.12. The van der Waals surface area contributed by atoms with Crippen LogP contribution < -0.4 is 11.3 Å². The van der Waals surface area contributed by atoms with Crippen molar-refractivity contribution in [2.75, 3.05) is 6.54 Å². The van der Waals surface area contributed by atoms with Gasteiger partial charge in [-0.05, 0) is 6.07 Å². The van der Waals surface area contributed by atoms with Gasteiger partial charge in [-0.3, -0.25) is 9.59 Å². The molecule has 4 N–H and O–H groups in total. The molecule has 0 atom stereocenters. The number of nitrogens with two attached hydrogens (primary N) is 1. The highest BCUT2D eigenvalue weighted by Gasteiger charge is 2.24. The first-order chi connectivity index (χ1) is 8.99. The lowest BCUT2D eigenvalue weighted by atomic mass is 10.1. The lowest BCUT2D eigenvalue weighted by Crippen LogP contribution is -2.35. The van der Waals surface area contributed by atoms with Crippen LogP contribution in [0.1, 0.15) is 15.3 Å². The number of carboxylic acid groups (broad SMARTS) is 1. The van der Waals surface area contributed by atoms with Crippen molar-refractivity contribution < 1.29 is 19.8 Å². The average molecular weight is 262 g/mol. The van der Waals surface area contributed by atoms with Gasteiger partial charge in [-0.25, -0.2) is 9.36 Å². The molecular weight excluding hydrogens is 252 g/mol. The van der Waals surface area contributed by atoms with Crippen molar-refractivity contribution in [3.05, 3.63) is 40.3 Å². The molecule has 0 saturated carbocycles. The van der Waals surface area contributed by atoms with Gasteiger partial charge in [0, 0.05) is 5.39 Å². The van der Waals surface area contributed by atoms with Crippen LogP contribution in [0, 0.1) is 0 Å². The van der Waals surface area contributed by atoms with E-state index in [0.717, 1.165) is 0 Å². The van der Waals surface area contributed by atoms with E-state index in [0.29, 0.717) is 4.57 Å². The summed E-state index contributed by atoms with van der Waals surface area (Å²) in [6.45, 7) is -0.544. The molecular formula is C12H10N2O5. The standard InChI is InChI=1S/C12H10N2O5/c13-5-8(15)14-9(12(18)19)10(16)6-3-1-2-4-7(6)11(14)17/h1-4,16H,5,13H2,(H,18,19). The van der Waals surface area contributed by atoms with E-state index in [4.69, 9.17) is 10.8 Å². The number of hydrogen-bond donors (Lipinski definition) is 3. The Bertz CT molecular complexity index is 748. The molecule has 1 aromatic carbocycles. The topological polar surface area (TPSA) is 123 Å². The first-order valence-corrected chi connectivity index (χ1v) is 5.32. The minimum Gasteiger partial charge on any atom is -0.505 e. The summed E-state index contributed by atoms with van der Waals surface area (Å²) in [7, 11) is 0. The number of rotatable bonds is 2. The minimum atomic E-state index is -1.58. The van der Waals surface area contributed by atoms with Crippen LogP contribution in [0.3, 0.4) is 0 Å². The van der Waals surface area contributed by atoms with Crippen LogP contribution in [0.15, 0.2) is 29.1 Å². The third-order valence-electron chi connectivity index (χ3n) is 2.69. The van der Waals surface area contributed by atoms with Gasteiger partial charge in [0.05, 0.1) is 11.9 Å². The van der Waals surface area contributed by atoms with Crippen LogP contribution in [-0.2, 0) is 0 Å².